The van der Waals surface area contributed by atoms with Gasteiger partial charge in [-0.1, -0.05) is 20.8 Å². The van der Waals surface area contributed by atoms with E-state index in [1.807, 2.05) is 20.8 Å². The van der Waals surface area contributed by atoms with Crippen molar-refractivity contribution in [1.29, 1.82) is 0 Å². The van der Waals surface area contributed by atoms with Crippen LogP contribution in [-0.4, -0.2) is 25.5 Å². The van der Waals surface area contributed by atoms with Crippen LogP contribution in [0.2, 0.25) is 0 Å². The average Bonchev–Trinajstić information content (AvgIpc) is 2.02. The molecule has 0 radical (unpaired) electrons. The molecule has 4 heteroatoms. The van der Waals surface area contributed by atoms with Gasteiger partial charge in [0.1, 0.15) is 5.92 Å². The van der Waals surface area contributed by atoms with Gasteiger partial charge in [-0.05, 0) is 12.3 Å². The summed E-state index contributed by atoms with van der Waals surface area (Å²) >= 11 is 0. The van der Waals surface area contributed by atoms with Crippen molar-refractivity contribution in [3.63, 3.8) is 0 Å². The summed E-state index contributed by atoms with van der Waals surface area (Å²) < 4.78 is 4.85. The molecule has 0 aliphatic heterocycles. The third-order valence-corrected chi connectivity index (χ3v) is 1.90. The quantitative estimate of drug-likeness (QED) is 0.546. The molecule has 0 bridgehead atoms. The van der Waals surface area contributed by atoms with Crippen LogP contribution in [-0.2, 0) is 14.3 Å². The van der Waals surface area contributed by atoms with Gasteiger partial charge in [0.25, 0.3) is 0 Å². The molecule has 4 nitrogen and oxygen atoms in total. The molecule has 0 heterocycles. The maximum Gasteiger partial charge on any atom is 0.319 e. The molecular weight excluding hydrogens is 182 g/mol. The normalized spacial score (nSPS) is 13.2. The Morgan fingerprint density at radius 3 is 2.14 bits per heavy atom. The first kappa shape index (κ1) is 12.9. The van der Waals surface area contributed by atoms with Gasteiger partial charge in [0.05, 0.1) is 6.61 Å². The van der Waals surface area contributed by atoms with E-state index in [1.165, 1.54) is 7.05 Å². The minimum Gasteiger partial charge on any atom is -0.465 e. The highest BCUT2D eigenvalue weighted by molar-refractivity contribution is 5.98. The first-order chi connectivity index (χ1) is 6.34. The van der Waals surface area contributed by atoms with Gasteiger partial charge in [-0.2, -0.15) is 0 Å². The van der Waals surface area contributed by atoms with Crippen LogP contribution < -0.4 is 5.32 Å². The Balaban J connectivity index is 4.73. The molecule has 1 amide bonds. The van der Waals surface area contributed by atoms with Gasteiger partial charge < -0.3 is 10.1 Å². The van der Waals surface area contributed by atoms with Crippen molar-refractivity contribution < 1.29 is 14.3 Å². The van der Waals surface area contributed by atoms with Crippen molar-refractivity contribution in [2.45, 2.75) is 27.7 Å². The fourth-order valence-corrected chi connectivity index (χ4v) is 1.22. The Morgan fingerprint density at radius 1 is 1.36 bits per heavy atom. The standard InChI is InChI=1S/C10H19NO3/c1-6-14-9(13)7(8(12)11-5)10(2,3)4/h7H,6H2,1-5H3,(H,11,12). The number of amides is 1. The Kier molecular flexibility index (Phi) is 4.60. The van der Waals surface area contributed by atoms with Crippen LogP contribution in [0.3, 0.4) is 0 Å². The molecule has 0 aliphatic rings. The van der Waals surface area contributed by atoms with E-state index in [4.69, 9.17) is 4.74 Å². The molecular formula is C10H19NO3. The third kappa shape index (κ3) is 3.36. The van der Waals surface area contributed by atoms with E-state index in [-0.39, 0.29) is 5.91 Å². The van der Waals surface area contributed by atoms with E-state index in [0.29, 0.717) is 6.61 Å². The van der Waals surface area contributed by atoms with Crippen molar-refractivity contribution >= 4 is 11.9 Å². The van der Waals surface area contributed by atoms with Crippen LogP contribution in [0, 0.1) is 11.3 Å². The van der Waals surface area contributed by atoms with Crippen molar-refractivity contribution in [2.24, 2.45) is 11.3 Å². The Morgan fingerprint density at radius 2 is 1.86 bits per heavy atom. The summed E-state index contributed by atoms with van der Waals surface area (Å²) in [6.45, 7) is 7.53. The molecule has 0 saturated heterocycles. The van der Waals surface area contributed by atoms with Crippen LogP contribution in [0.25, 0.3) is 0 Å². The van der Waals surface area contributed by atoms with Crippen LogP contribution in [0.1, 0.15) is 27.7 Å². The molecule has 1 atom stereocenters. The zero-order valence-corrected chi connectivity index (χ0v) is 9.51. The second-order valence-corrected chi connectivity index (χ2v) is 4.17. The molecule has 0 aromatic carbocycles. The van der Waals surface area contributed by atoms with Gasteiger partial charge in [0, 0.05) is 7.05 Å². The molecule has 0 spiro atoms. The van der Waals surface area contributed by atoms with E-state index in [1.54, 1.807) is 6.92 Å². The van der Waals surface area contributed by atoms with E-state index >= 15 is 0 Å². The second kappa shape index (κ2) is 4.98. The monoisotopic (exact) mass is 201 g/mol. The van der Waals surface area contributed by atoms with E-state index < -0.39 is 17.3 Å². The highest BCUT2D eigenvalue weighted by Crippen LogP contribution is 2.27. The lowest BCUT2D eigenvalue weighted by Gasteiger charge is -2.26. The molecule has 0 aromatic heterocycles. The van der Waals surface area contributed by atoms with Crippen molar-refractivity contribution in [1.82, 2.24) is 5.32 Å². The molecule has 1 unspecified atom stereocenters. The van der Waals surface area contributed by atoms with E-state index in [2.05, 4.69) is 5.32 Å². The highest BCUT2D eigenvalue weighted by atomic mass is 16.5. The van der Waals surface area contributed by atoms with Gasteiger partial charge in [-0.25, -0.2) is 0 Å². The first-order valence-electron chi connectivity index (χ1n) is 4.72. The predicted molar refractivity (Wildman–Crippen MR) is 53.6 cm³/mol. The maximum absolute atomic E-state index is 11.5. The Labute approximate surface area is 85.0 Å². The predicted octanol–water partition coefficient (Wildman–Crippen LogP) is 0.958. The van der Waals surface area contributed by atoms with Crippen molar-refractivity contribution in [3.8, 4) is 0 Å². The van der Waals surface area contributed by atoms with Crippen LogP contribution in [0.15, 0.2) is 0 Å². The summed E-state index contributed by atoms with van der Waals surface area (Å²) in [6.07, 6.45) is 0. The number of esters is 1. The summed E-state index contributed by atoms with van der Waals surface area (Å²) in [5.41, 5.74) is -0.424. The van der Waals surface area contributed by atoms with Gasteiger partial charge in [-0.15, -0.1) is 0 Å². The summed E-state index contributed by atoms with van der Waals surface area (Å²) in [5.74, 6) is -1.50. The Hall–Kier alpha value is -1.06. The fourth-order valence-electron chi connectivity index (χ4n) is 1.22. The minimum atomic E-state index is -0.743. The SMILES string of the molecule is CCOC(=O)C(C(=O)NC)C(C)(C)C. The molecule has 0 rings (SSSR count). The van der Waals surface area contributed by atoms with E-state index in [0.717, 1.165) is 0 Å². The number of nitrogens with one attached hydrogen (secondary N) is 1. The highest BCUT2D eigenvalue weighted by Gasteiger charge is 2.38. The third-order valence-electron chi connectivity index (χ3n) is 1.90. The summed E-state index contributed by atoms with van der Waals surface area (Å²) in [4.78, 5) is 23.0. The molecule has 0 aliphatic carbocycles. The topological polar surface area (TPSA) is 55.4 Å². The summed E-state index contributed by atoms with van der Waals surface area (Å²) in [6, 6.07) is 0. The lowest BCUT2D eigenvalue weighted by Crippen LogP contribution is -2.42. The largest absolute Gasteiger partial charge is 0.465 e. The zero-order valence-electron chi connectivity index (χ0n) is 9.51. The average molecular weight is 201 g/mol. The van der Waals surface area contributed by atoms with Crippen molar-refractivity contribution in [2.75, 3.05) is 13.7 Å². The van der Waals surface area contributed by atoms with Crippen LogP contribution in [0.4, 0.5) is 0 Å². The summed E-state index contributed by atoms with van der Waals surface area (Å²) in [5, 5.41) is 2.47. The zero-order chi connectivity index (χ0) is 11.4. The Bertz CT molecular complexity index is 218. The molecule has 14 heavy (non-hydrogen) atoms. The van der Waals surface area contributed by atoms with Gasteiger partial charge in [0.15, 0.2) is 0 Å². The lowest BCUT2D eigenvalue weighted by atomic mass is 9.80. The smallest absolute Gasteiger partial charge is 0.319 e. The van der Waals surface area contributed by atoms with E-state index in [9.17, 15) is 9.59 Å². The van der Waals surface area contributed by atoms with Gasteiger partial charge in [0.2, 0.25) is 5.91 Å². The summed E-state index contributed by atoms with van der Waals surface area (Å²) in [7, 11) is 1.51. The van der Waals surface area contributed by atoms with Crippen molar-refractivity contribution in [3.05, 3.63) is 0 Å². The second-order valence-electron chi connectivity index (χ2n) is 4.17. The number of hydrogen-bond donors (Lipinski definition) is 1. The minimum absolute atomic E-state index is 0.294. The molecule has 0 saturated carbocycles. The molecule has 0 aromatic rings. The number of rotatable bonds is 3. The number of carbonyl (C=O) groups is 2. The molecule has 82 valence electrons. The number of hydrogen-bond acceptors (Lipinski definition) is 3. The van der Waals surface area contributed by atoms with Gasteiger partial charge >= 0.3 is 5.97 Å². The van der Waals surface area contributed by atoms with Gasteiger partial charge in [-0.3, -0.25) is 9.59 Å². The number of carbonyl (C=O) groups excluding carboxylic acids is 2. The fraction of sp³-hybridized carbons (Fsp3) is 0.800. The lowest BCUT2D eigenvalue weighted by molar-refractivity contribution is -0.156. The first-order valence-corrected chi connectivity index (χ1v) is 4.72. The van der Waals surface area contributed by atoms with Crippen LogP contribution >= 0.6 is 0 Å². The molecule has 0 fully saturated rings. The van der Waals surface area contributed by atoms with Crippen LogP contribution in [0.5, 0.6) is 0 Å². The maximum atomic E-state index is 11.5. The molecule has 1 N–H and O–H groups in total. The number of ether oxygens (including phenoxy) is 1.